The van der Waals surface area contributed by atoms with Crippen molar-refractivity contribution in [3.05, 3.63) is 99.1 Å². The first-order valence-corrected chi connectivity index (χ1v) is 12.6. The highest BCUT2D eigenvalue weighted by molar-refractivity contribution is 6.30. The minimum atomic E-state index is -0.905. The molecule has 190 valence electrons. The fraction of sp³-hybridized carbons (Fsp3) is 0.333. The molecule has 1 unspecified atom stereocenters. The van der Waals surface area contributed by atoms with E-state index >= 15 is 0 Å². The lowest BCUT2D eigenvalue weighted by Crippen LogP contribution is -2.30. The number of carbonyl (C=O) groups excluding carboxylic acids is 1. The van der Waals surface area contributed by atoms with Crippen LogP contribution in [-0.2, 0) is 17.8 Å². The topological polar surface area (TPSA) is 75.6 Å². The number of aliphatic carboxylic acids is 1. The molecule has 0 aliphatic heterocycles. The normalized spacial score (nSPS) is 11.8. The molecular weight excluding hydrogens is 474 g/mol. The van der Waals surface area contributed by atoms with Gasteiger partial charge in [-0.15, -0.1) is 0 Å². The molecule has 0 heterocycles. The highest BCUT2D eigenvalue weighted by Gasteiger charge is 2.21. The third kappa shape index (κ3) is 8.13. The summed E-state index contributed by atoms with van der Waals surface area (Å²) in [5.74, 6) is -0.230. The SMILES string of the molecule is Cc1cc(C)cc(C(CC(C)C)NC(=O)c2cc(OCc3ccc(Cl)cc3)ccc2CCC(=O)O)c1. The van der Waals surface area contributed by atoms with E-state index in [2.05, 4.69) is 51.2 Å². The van der Waals surface area contributed by atoms with Crippen molar-refractivity contribution in [3.63, 3.8) is 0 Å². The van der Waals surface area contributed by atoms with Crippen molar-refractivity contribution in [2.24, 2.45) is 5.92 Å². The van der Waals surface area contributed by atoms with Gasteiger partial charge < -0.3 is 15.2 Å². The number of carbonyl (C=O) groups is 2. The second kappa shape index (κ2) is 12.6. The van der Waals surface area contributed by atoms with Crippen molar-refractivity contribution >= 4 is 23.5 Å². The number of rotatable bonds is 11. The Labute approximate surface area is 218 Å². The number of halogens is 1. The smallest absolute Gasteiger partial charge is 0.303 e. The maximum Gasteiger partial charge on any atom is 0.303 e. The molecule has 0 aliphatic carbocycles. The molecule has 0 fully saturated rings. The van der Waals surface area contributed by atoms with Gasteiger partial charge in [-0.1, -0.05) is 73.0 Å². The summed E-state index contributed by atoms with van der Waals surface area (Å²) in [6.07, 6.45) is 0.984. The fourth-order valence-corrected chi connectivity index (χ4v) is 4.39. The Morgan fingerprint density at radius 1 is 0.972 bits per heavy atom. The first-order chi connectivity index (χ1) is 17.1. The molecular formula is C30H34ClNO4. The molecule has 5 nitrogen and oxygen atoms in total. The molecule has 0 aliphatic rings. The van der Waals surface area contributed by atoms with E-state index in [1.54, 1.807) is 30.3 Å². The number of nitrogens with one attached hydrogen (secondary N) is 1. The van der Waals surface area contributed by atoms with Gasteiger partial charge in [0, 0.05) is 17.0 Å². The quantitative estimate of drug-likeness (QED) is 0.291. The van der Waals surface area contributed by atoms with Gasteiger partial charge in [-0.25, -0.2) is 0 Å². The van der Waals surface area contributed by atoms with Crippen molar-refractivity contribution in [2.45, 2.75) is 59.6 Å². The molecule has 0 aromatic heterocycles. The third-order valence-corrected chi connectivity index (χ3v) is 6.16. The van der Waals surface area contributed by atoms with E-state index in [1.165, 1.54) is 0 Å². The Balaban J connectivity index is 1.87. The fourth-order valence-electron chi connectivity index (χ4n) is 4.26. The van der Waals surface area contributed by atoms with Crippen LogP contribution in [-0.4, -0.2) is 17.0 Å². The summed E-state index contributed by atoms with van der Waals surface area (Å²) in [4.78, 5) is 24.8. The number of hydrogen-bond donors (Lipinski definition) is 2. The minimum absolute atomic E-state index is 0.0578. The van der Waals surface area contributed by atoms with Gasteiger partial charge in [-0.3, -0.25) is 9.59 Å². The van der Waals surface area contributed by atoms with Crippen LogP contribution in [0.2, 0.25) is 5.02 Å². The number of aryl methyl sites for hydroxylation is 3. The second-order valence-electron chi connectivity index (χ2n) is 9.70. The Morgan fingerprint density at radius 2 is 1.64 bits per heavy atom. The molecule has 3 aromatic rings. The van der Waals surface area contributed by atoms with Crippen LogP contribution in [0.3, 0.4) is 0 Å². The lowest BCUT2D eigenvalue weighted by molar-refractivity contribution is -0.136. The first kappa shape index (κ1) is 27.3. The molecule has 3 aromatic carbocycles. The van der Waals surface area contributed by atoms with Gasteiger partial charge >= 0.3 is 5.97 Å². The molecule has 6 heteroatoms. The number of carboxylic acid groups (broad SMARTS) is 1. The van der Waals surface area contributed by atoms with E-state index < -0.39 is 5.97 Å². The number of amides is 1. The van der Waals surface area contributed by atoms with Gasteiger partial charge in [0.05, 0.1) is 6.04 Å². The average Bonchev–Trinajstić information content (AvgIpc) is 2.81. The molecule has 0 spiro atoms. The number of ether oxygens (including phenoxy) is 1. The van der Waals surface area contributed by atoms with Gasteiger partial charge in [-0.05, 0) is 73.6 Å². The maximum atomic E-state index is 13.6. The van der Waals surface area contributed by atoms with Crippen LogP contribution in [0.25, 0.3) is 0 Å². The minimum Gasteiger partial charge on any atom is -0.489 e. The van der Waals surface area contributed by atoms with Crippen molar-refractivity contribution < 1.29 is 19.4 Å². The second-order valence-corrected chi connectivity index (χ2v) is 10.1. The van der Waals surface area contributed by atoms with E-state index in [0.29, 0.717) is 34.4 Å². The maximum absolute atomic E-state index is 13.6. The molecule has 0 bridgehead atoms. The molecule has 3 rings (SSSR count). The van der Waals surface area contributed by atoms with Crippen LogP contribution in [0.15, 0.2) is 60.7 Å². The molecule has 0 radical (unpaired) electrons. The lowest BCUT2D eigenvalue weighted by Gasteiger charge is -2.23. The zero-order valence-electron chi connectivity index (χ0n) is 21.3. The van der Waals surface area contributed by atoms with E-state index in [1.807, 2.05) is 12.1 Å². The van der Waals surface area contributed by atoms with E-state index in [4.69, 9.17) is 16.3 Å². The Bertz CT molecular complexity index is 1180. The van der Waals surface area contributed by atoms with Crippen LogP contribution in [0.5, 0.6) is 5.75 Å². The standard InChI is InChI=1S/C30H34ClNO4/c1-19(2)13-28(24-15-20(3)14-21(4)16-24)32-30(35)27-17-26(11-7-23(27)8-12-29(33)34)36-18-22-5-9-25(31)10-6-22/h5-7,9-11,14-17,19,28H,8,12-13,18H2,1-4H3,(H,32,35)(H,33,34). The third-order valence-electron chi connectivity index (χ3n) is 5.91. The summed E-state index contributed by atoms with van der Waals surface area (Å²) in [7, 11) is 0. The summed E-state index contributed by atoms with van der Waals surface area (Å²) in [6.45, 7) is 8.69. The van der Waals surface area contributed by atoms with Gasteiger partial charge in [0.1, 0.15) is 12.4 Å². The van der Waals surface area contributed by atoms with Gasteiger partial charge in [-0.2, -0.15) is 0 Å². The van der Waals surface area contributed by atoms with E-state index in [9.17, 15) is 14.7 Å². The van der Waals surface area contributed by atoms with Crippen LogP contribution >= 0.6 is 11.6 Å². The van der Waals surface area contributed by atoms with Crippen LogP contribution in [0.4, 0.5) is 0 Å². The van der Waals surface area contributed by atoms with Crippen molar-refractivity contribution in [3.8, 4) is 5.75 Å². The Hall–Kier alpha value is -3.31. The molecule has 1 amide bonds. The Morgan fingerprint density at radius 3 is 2.25 bits per heavy atom. The van der Waals surface area contributed by atoms with Crippen molar-refractivity contribution in [1.29, 1.82) is 0 Å². The lowest BCUT2D eigenvalue weighted by atomic mass is 9.93. The van der Waals surface area contributed by atoms with E-state index in [0.717, 1.165) is 28.7 Å². The first-order valence-electron chi connectivity index (χ1n) is 12.2. The number of carboxylic acids is 1. The predicted molar refractivity (Wildman–Crippen MR) is 144 cm³/mol. The Kier molecular flexibility index (Phi) is 9.54. The largest absolute Gasteiger partial charge is 0.489 e. The van der Waals surface area contributed by atoms with Crippen molar-refractivity contribution in [1.82, 2.24) is 5.32 Å². The van der Waals surface area contributed by atoms with Gasteiger partial charge in [0.15, 0.2) is 0 Å². The highest BCUT2D eigenvalue weighted by Crippen LogP contribution is 2.26. The highest BCUT2D eigenvalue weighted by atomic mass is 35.5. The van der Waals surface area contributed by atoms with Crippen LogP contribution < -0.4 is 10.1 Å². The molecule has 0 saturated carbocycles. The summed E-state index contributed by atoms with van der Waals surface area (Å²) in [5, 5.41) is 13.1. The summed E-state index contributed by atoms with van der Waals surface area (Å²) in [6, 6.07) is 18.8. The summed E-state index contributed by atoms with van der Waals surface area (Å²) < 4.78 is 5.95. The zero-order valence-corrected chi connectivity index (χ0v) is 22.1. The van der Waals surface area contributed by atoms with Gasteiger partial charge in [0.25, 0.3) is 5.91 Å². The monoisotopic (exact) mass is 507 g/mol. The van der Waals surface area contributed by atoms with Crippen LogP contribution in [0.1, 0.15) is 70.9 Å². The van der Waals surface area contributed by atoms with Crippen LogP contribution in [0, 0.1) is 19.8 Å². The molecule has 2 N–H and O–H groups in total. The predicted octanol–water partition coefficient (Wildman–Crippen LogP) is 7.07. The molecule has 1 atom stereocenters. The summed E-state index contributed by atoms with van der Waals surface area (Å²) >= 11 is 5.96. The van der Waals surface area contributed by atoms with Gasteiger partial charge in [0.2, 0.25) is 0 Å². The molecule has 36 heavy (non-hydrogen) atoms. The molecule has 0 saturated heterocycles. The average molecular weight is 508 g/mol. The van der Waals surface area contributed by atoms with E-state index in [-0.39, 0.29) is 24.8 Å². The number of hydrogen-bond acceptors (Lipinski definition) is 3. The van der Waals surface area contributed by atoms with Crippen molar-refractivity contribution in [2.75, 3.05) is 0 Å². The number of benzene rings is 3. The summed E-state index contributed by atoms with van der Waals surface area (Å²) in [5.41, 5.74) is 5.42. The zero-order chi connectivity index (χ0) is 26.2.